The molecule has 0 saturated carbocycles. The van der Waals surface area contributed by atoms with E-state index in [0.717, 1.165) is 10.0 Å². The van der Waals surface area contributed by atoms with E-state index in [1.54, 1.807) is 0 Å². The third-order valence-corrected chi connectivity index (χ3v) is 4.10. The highest BCUT2D eigenvalue weighted by atomic mass is 79.9. The Balaban J connectivity index is 1.96. The van der Waals surface area contributed by atoms with E-state index in [0.29, 0.717) is 30.5 Å². The summed E-state index contributed by atoms with van der Waals surface area (Å²) in [5.74, 6) is 1.83. The van der Waals surface area contributed by atoms with Crippen molar-refractivity contribution in [1.29, 1.82) is 0 Å². The molecule has 0 aliphatic carbocycles. The number of hydrogen-bond acceptors (Lipinski definition) is 4. The normalized spacial score (nSPS) is 11.5. The number of amides is 1. The zero-order valence-corrected chi connectivity index (χ0v) is 16.8. The lowest BCUT2D eigenvalue weighted by Gasteiger charge is -2.17. The van der Waals surface area contributed by atoms with Crippen LogP contribution < -0.4 is 19.5 Å². The molecule has 1 amide bonds. The molecule has 0 spiro atoms. The van der Waals surface area contributed by atoms with Crippen molar-refractivity contribution in [2.75, 3.05) is 19.8 Å². The zero-order valence-electron chi connectivity index (χ0n) is 15.3. The Morgan fingerprint density at radius 2 is 1.77 bits per heavy atom. The first-order valence-electron chi connectivity index (χ1n) is 8.60. The number of halogens is 1. The molecule has 0 aliphatic heterocycles. The molecule has 0 saturated heterocycles. The molecule has 140 valence electrons. The molecule has 0 fully saturated rings. The molecule has 6 heteroatoms. The Bertz CT molecular complexity index is 736. The highest BCUT2D eigenvalue weighted by molar-refractivity contribution is 9.10. The average Bonchev–Trinajstić information content (AvgIpc) is 2.62. The van der Waals surface area contributed by atoms with E-state index >= 15 is 0 Å². The summed E-state index contributed by atoms with van der Waals surface area (Å²) in [6, 6.07) is 12.9. The molecule has 2 aromatic carbocycles. The average molecular weight is 422 g/mol. The van der Waals surface area contributed by atoms with Gasteiger partial charge in [-0.25, -0.2) is 0 Å². The second-order valence-electron chi connectivity index (χ2n) is 5.61. The lowest BCUT2D eigenvalue weighted by Crippen LogP contribution is -2.31. The predicted molar refractivity (Wildman–Crippen MR) is 105 cm³/mol. The first-order valence-corrected chi connectivity index (χ1v) is 9.40. The summed E-state index contributed by atoms with van der Waals surface area (Å²) in [4.78, 5) is 12.2. The van der Waals surface area contributed by atoms with Crippen molar-refractivity contribution in [3.63, 3.8) is 0 Å². The van der Waals surface area contributed by atoms with E-state index in [-0.39, 0.29) is 18.6 Å². The highest BCUT2D eigenvalue weighted by Gasteiger charge is 2.13. The SMILES string of the molecule is CCOc1ccc(C(C)NC(=O)COc2cccc(Br)c2)cc1OCC. The first kappa shape index (κ1) is 20.1. The minimum atomic E-state index is -0.190. The standard InChI is InChI=1S/C20H24BrNO4/c1-4-24-18-10-9-15(11-19(18)25-5-2)14(3)22-20(23)13-26-17-8-6-7-16(21)12-17/h6-12,14H,4-5,13H2,1-3H3,(H,22,23). The topological polar surface area (TPSA) is 56.8 Å². The van der Waals surface area contributed by atoms with Gasteiger partial charge in [0.2, 0.25) is 0 Å². The van der Waals surface area contributed by atoms with Crippen molar-refractivity contribution < 1.29 is 19.0 Å². The van der Waals surface area contributed by atoms with Crippen LogP contribution >= 0.6 is 15.9 Å². The number of ether oxygens (including phenoxy) is 3. The number of carbonyl (C=O) groups is 1. The summed E-state index contributed by atoms with van der Waals surface area (Å²) in [6.07, 6.45) is 0. The van der Waals surface area contributed by atoms with Crippen LogP contribution in [0.1, 0.15) is 32.4 Å². The molecule has 5 nitrogen and oxygen atoms in total. The summed E-state index contributed by atoms with van der Waals surface area (Å²) in [5.41, 5.74) is 0.938. The third kappa shape index (κ3) is 5.95. The lowest BCUT2D eigenvalue weighted by molar-refractivity contribution is -0.123. The van der Waals surface area contributed by atoms with Gasteiger partial charge in [0.15, 0.2) is 18.1 Å². The van der Waals surface area contributed by atoms with Gasteiger partial charge in [-0.1, -0.05) is 28.1 Å². The Kier molecular flexibility index (Phi) is 7.78. The van der Waals surface area contributed by atoms with Gasteiger partial charge in [0.25, 0.3) is 5.91 Å². The summed E-state index contributed by atoms with van der Waals surface area (Å²) in [5, 5.41) is 2.93. The smallest absolute Gasteiger partial charge is 0.258 e. The predicted octanol–water partition coefficient (Wildman–Crippen LogP) is 4.50. The fraction of sp³-hybridized carbons (Fsp3) is 0.350. The van der Waals surface area contributed by atoms with E-state index in [4.69, 9.17) is 14.2 Å². The molecular weight excluding hydrogens is 398 g/mol. The number of nitrogens with one attached hydrogen (secondary N) is 1. The van der Waals surface area contributed by atoms with Crippen molar-refractivity contribution in [2.24, 2.45) is 0 Å². The largest absolute Gasteiger partial charge is 0.490 e. The maximum absolute atomic E-state index is 12.2. The third-order valence-electron chi connectivity index (χ3n) is 3.61. The van der Waals surface area contributed by atoms with Crippen molar-refractivity contribution >= 4 is 21.8 Å². The molecule has 2 aromatic rings. The molecule has 26 heavy (non-hydrogen) atoms. The molecule has 0 aliphatic rings. The first-order chi connectivity index (χ1) is 12.5. The van der Waals surface area contributed by atoms with Crippen LogP contribution in [0, 0.1) is 0 Å². The zero-order chi connectivity index (χ0) is 18.9. The van der Waals surface area contributed by atoms with Crippen molar-refractivity contribution in [3.05, 3.63) is 52.5 Å². The second-order valence-corrected chi connectivity index (χ2v) is 6.52. The van der Waals surface area contributed by atoms with Gasteiger partial charge in [-0.05, 0) is 56.7 Å². The van der Waals surface area contributed by atoms with Crippen molar-refractivity contribution in [2.45, 2.75) is 26.8 Å². The summed E-state index contributed by atoms with van der Waals surface area (Å²) >= 11 is 3.37. The van der Waals surface area contributed by atoms with Crippen LogP contribution in [0.15, 0.2) is 46.9 Å². The van der Waals surface area contributed by atoms with Gasteiger partial charge in [-0.15, -0.1) is 0 Å². The maximum Gasteiger partial charge on any atom is 0.258 e. The lowest BCUT2D eigenvalue weighted by atomic mass is 10.1. The monoisotopic (exact) mass is 421 g/mol. The van der Waals surface area contributed by atoms with Crippen molar-refractivity contribution in [3.8, 4) is 17.2 Å². The molecule has 1 atom stereocenters. The quantitative estimate of drug-likeness (QED) is 0.647. The van der Waals surface area contributed by atoms with Crippen LogP contribution in [-0.4, -0.2) is 25.7 Å². The van der Waals surface area contributed by atoms with Crippen LogP contribution in [0.25, 0.3) is 0 Å². The molecule has 0 bridgehead atoms. The molecule has 0 aromatic heterocycles. The molecule has 1 unspecified atom stereocenters. The number of carbonyl (C=O) groups excluding carboxylic acids is 1. The molecule has 0 radical (unpaired) electrons. The Morgan fingerprint density at radius 1 is 1.04 bits per heavy atom. The van der Waals surface area contributed by atoms with Crippen LogP contribution in [0.4, 0.5) is 0 Å². The highest BCUT2D eigenvalue weighted by Crippen LogP contribution is 2.30. The van der Waals surface area contributed by atoms with Gasteiger partial charge < -0.3 is 19.5 Å². The van der Waals surface area contributed by atoms with Crippen LogP contribution in [-0.2, 0) is 4.79 Å². The van der Waals surface area contributed by atoms with E-state index < -0.39 is 0 Å². The summed E-state index contributed by atoms with van der Waals surface area (Å²) < 4.78 is 17.6. The number of rotatable bonds is 9. The Morgan fingerprint density at radius 3 is 2.46 bits per heavy atom. The van der Waals surface area contributed by atoms with E-state index in [1.807, 2.05) is 63.2 Å². The van der Waals surface area contributed by atoms with E-state index in [9.17, 15) is 4.79 Å². The summed E-state index contributed by atoms with van der Waals surface area (Å²) in [7, 11) is 0. The van der Waals surface area contributed by atoms with Crippen LogP contribution in [0.5, 0.6) is 17.2 Å². The summed E-state index contributed by atoms with van der Waals surface area (Å²) in [6.45, 7) is 6.84. The Labute approximate surface area is 162 Å². The second kappa shape index (κ2) is 10.1. The van der Waals surface area contributed by atoms with E-state index in [2.05, 4.69) is 21.2 Å². The maximum atomic E-state index is 12.2. The van der Waals surface area contributed by atoms with Crippen molar-refractivity contribution in [1.82, 2.24) is 5.32 Å². The van der Waals surface area contributed by atoms with Gasteiger partial charge in [0.1, 0.15) is 5.75 Å². The van der Waals surface area contributed by atoms with Gasteiger partial charge in [-0.2, -0.15) is 0 Å². The molecule has 0 heterocycles. The van der Waals surface area contributed by atoms with Gasteiger partial charge in [-0.3, -0.25) is 4.79 Å². The van der Waals surface area contributed by atoms with Crippen LogP contribution in [0.2, 0.25) is 0 Å². The fourth-order valence-electron chi connectivity index (χ4n) is 2.41. The Hall–Kier alpha value is -2.21. The molecule has 2 rings (SSSR count). The van der Waals surface area contributed by atoms with Crippen LogP contribution in [0.3, 0.4) is 0 Å². The van der Waals surface area contributed by atoms with E-state index in [1.165, 1.54) is 0 Å². The van der Waals surface area contributed by atoms with Gasteiger partial charge in [0.05, 0.1) is 19.3 Å². The van der Waals surface area contributed by atoms with Gasteiger partial charge in [0, 0.05) is 4.47 Å². The molecule has 1 N–H and O–H groups in total. The van der Waals surface area contributed by atoms with Gasteiger partial charge >= 0.3 is 0 Å². The fourth-order valence-corrected chi connectivity index (χ4v) is 2.79. The number of hydrogen-bond donors (Lipinski definition) is 1. The minimum Gasteiger partial charge on any atom is -0.490 e. The minimum absolute atomic E-state index is 0.0455. The molecular formula is C20H24BrNO4. The number of benzene rings is 2.